The number of morpholine rings is 1. The highest BCUT2D eigenvalue weighted by atomic mass is 16.7. The molecule has 0 amide bonds. The molecule has 10 nitrogen and oxygen atoms in total. The molecular formula is C38H62N2O8. The monoisotopic (exact) mass is 674 g/mol. The molecule has 0 aromatic carbocycles. The van der Waals surface area contributed by atoms with E-state index in [2.05, 4.69) is 32.6 Å². The number of ether oxygens (including phenoxy) is 5. The normalized spacial score (nSPS) is 52.1. The second-order valence-corrected chi connectivity index (χ2v) is 19.0. The highest BCUT2D eigenvalue weighted by Gasteiger charge is 2.85. The number of nitrogens with two attached hydrogens (primary N) is 1. The smallest absolute Gasteiger partial charge is 0.303 e. The Hall–Kier alpha value is -0.850. The van der Waals surface area contributed by atoms with E-state index < -0.39 is 41.5 Å². The second-order valence-electron chi connectivity index (χ2n) is 19.0. The van der Waals surface area contributed by atoms with E-state index in [-0.39, 0.29) is 51.8 Å². The first kappa shape index (κ1) is 34.2. The molecule has 14 atom stereocenters. The molecule has 10 heteroatoms. The summed E-state index contributed by atoms with van der Waals surface area (Å²) in [5, 5.41) is 23.5. The van der Waals surface area contributed by atoms with Crippen LogP contribution in [-0.2, 0) is 28.5 Å². The maximum atomic E-state index is 12.5. The molecule has 48 heavy (non-hydrogen) atoms. The van der Waals surface area contributed by atoms with Crippen molar-refractivity contribution in [1.82, 2.24) is 4.90 Å². The summed E-state index contributed by atoms with van der Waals surface area (Å²) in [5.74, 6) is 0.617. The van der Waals surface area contributed by atoms with Crippen molar-refractivity contribution >= 4 is 5.97 Å². The molecule has 8 rings (SSSR count). The van der Waals surface area contributed by atoms with Gasteiger partial charge in [-0.1, -0.05) is 27.7 Å². The zero-order valence-corrected chi connectivity index (χ0v) is 30.4. The van der Waals surface area contributed by atoms with E-state index in [9.17, 15) is 15.0 Å². The standard InChI is InChI=1S/C38H62N2O8/c1-21-16-24(32(34(5,6)43)46-22(2)41)47-30-29(21)35(7)12-13-37-20-36(37)11-10-27(48-28-17-40(14-15-45-28)23-18-44-19-23)33(3,4)25(36)8-9-26(37)38(35,39)31(30)42/h21,23-32,42-43H,8-20,39H2,1-7H3. The molecule has 272 valence electrons. The summed E-state index contributed by atoms with van der Waals surface area (Å²) in [6.07, 6.45) is 5.62. The fraction of sp³-hybridized carbons (Fsp3) is 0.974. The summed E-state index contributed by atoms with van der Waals surface area (Å²) in [5.41, 5.74) is 5.85. The number of aliphatic hydroxyl groups is 2. The lowest BCUT2D eigenvalue weighted by atomic mass is 9.43. The van der Waals surface area contributed by atoms with Crippen LogP contribution < -0.4 is 5.73 Å². The van der Waals surface area contributed by atoms with Gasteiger partial charge in [0, 0.05) is 13.5 Å². The van der Waals surface area contributed by atoms with Crippen molar-refractivity contribution in [2.75, 3.05) is 32.9 Å². The number of carbonyl (C=O) groups excluding carboxylic acids is 1. The Labute approximate surface area is 287 Å². The van der Waals surface area contributed by atoms with E-state index in [0.717, 1.165) is 64.8 Å². The number of esters is 1. The first-order valence-electron chi connectivity index (χ1n) is 19.1. The van der Waals surface area contributed by atoms with Crippen LogP contribution in [0.25, 0.3) is 0 Å². The topological polar surface area (TPSA) is 133 Å². The van der Waals surface area contributed by atoms with E-state index in [0.29, 0.717) is 25.0 Å². The van der Waals surface area contributed by atoms with Crippen molar-refractivity contribution in [3.8, 4) is 0 Å². The molecule has 0 bridgehead atoms. The zero-order valence-electron chi connectivity index (χ0n) is 30.4. The van der Waals surface area contributed by atoms with Gasteiger partial charge in [0.1, 0.15) is 0 Å². The highest BCUT2D eigenvalue weighted by molar-refractivity contribution is 5.66. The lowest BCUT2D eigenvalue weighted by Gasteiger charge is -2.63. The summed E-state index contributed by atoms with van der Waals surface area (Å²) in [7, 11) is 0. The number of fused-ring (bicyclic) bond motifs is 4. The minimum Gasteiger partial charge on any atom is -0.457 e. The molecule has 5 saturated carbocycles. The van der Waals surface area contributed by atoms with E-state index in [1.54, 1.807) is 13.8 Å². The summed E-state index contributed by atoms with van der Waals surface area (Å²) in [4.78, 5) is 14.6. The SMILES string of the molecule is CC(=O)OC(C1CC(C)C2C(O1)C(O)C1(N)C3CCC4C(C)(C)C(OC5CN(C6COC6)CCO5)CCC45CC35CCC21C)C(C)(C)O. The number of hydrogen-bond donors (Lipinski definition) is 3. The first-order chi connectivity index (χ1) is 22.5. The number of nitrogens with zero attached hydrogens (tertiary/aromatic N) is 1. The largest absolute Gasteiger partial charge is 0.457 e. The average molecular weight is 675 g/mol. The first-order valence-corrected chi connectivity index (χ1v) is 19.1. The van der Waals surface area contributed by atoms with Gasteiger partial charge in [0.25, 0.3) is 0 Å². The van der Waals surface area contributed by atoms with Crippen LogP contribution in [0.3, 0.4) is 0 Å². The van der Waals surface area contributed by atoms with Crippen LogP contribution in [0.1, 0.15) is 99.8 Å². The molecule has 0 radical (unpaired) electrons. The predicted molar refractivity (Wildman–Crippen MR) is 178 cm³/mol. The van der Waals surface area contributed by atoms with Crippen LogP contribution in [0.4, 0.5) is 0 Å². The maximum Gasteiger partial charge on any atom is 0.303 e. The molecule has 3 heterocycles. The molecule has 8 aliphatic rings. The summed E-state index contributed by atoms with van der Waals surface area (Å²) >= 11 is 0. The van der Waals surface area contributed by atoms with Gasteiger partial charge in [0.2, 0.25) is 0 Å². The van der Waals surface area contributed by atoms with Gasteiger partial charge >= 0.3 is 5.97 Å². The van der Waals surface area contributed by atoms with Gasteiger partial charge in [-0.15, -0.1) is 0 Å². The summed E-state index contributed by atoms with van der Waals surface area (Å²) in [6.45, 7) is 18.3. The highest BCUT2D eigenvalue weighted by Crippen LogP contribution is 2.87. The number of aliphatic hydroxyl groups excluding tert-OH is 1. The second kappa shape index (κ2) is 11.1. The van der Waals surface area contributed by atoms with Crippen molar-refractivity contribution in [2.45, 2.75) is 154 Å². The van der Waals surface area contributed by atoms with Gasteiger partial charge in [-0.05, 0) is 111 Å². The van der Waals surface area contributed by atoms with Crippen molar-refractivity contribution in [3.05, 3.63) is 0 Å². The third-order valence-corrected chi connectivity index (χ3v) is 16.1. The zero-order chi connectivity index (χ0) is 34.2. The van der Waals surface area contributed by atoms with Crippen molar-refractivity contribution in [1.29, 1.82) is 0 Å². The molecular weight excluding hydrogens is 612 g/mol. The molecule has 5 aliphatic carbocycles. The van der Waals surface area contributed by atoms with Crippen LogP contribution in [0, 0.1) is 45.3 Å². The lowest BCUT2D eigenvalue weighted by Crippen LogP contribution is -2.70. The lowest BCUT2D eigenvalue weighted by molar-refractivity contribution is -0.254. The minimum absolute atomic E-state index is 0.0103. The third-order valence-electron chi connectivity index (χ3n) is 16.1. The molecule has 0 aromatic heterocycles. The van der Waals surface area contributed by atoms with E-state index in [4.69, 9.17) is 29.4 Å². The van der Waals surface area contributed by atoms with Crippen molar-refractivity contribution in [3.63, 3.8) is 0 Å². The molecule has 14 unspecified atom stereocenters. The quantitative estimate of drug-likeness (QED) is 0.359. The van der Waals surface area contributed by atoms with Crippen molar-refractivity contribution < 1.29 is 38.7 Å². The Morgan fingerprint density at radius 2 is 1.77 bits per heavy atom. The van der Waals surface area contributed by atoms with Gasteiger partial charge in [-0.2, -0.15) is 0 Å². The third kappa shape index (κ3) is 4.55. The molecule has 4 N–H and O–H groups in total. The van der Waals surface area contributed by atoms with E-state index >= 15 is 0 Å². The Morgan fingerprint density at radius 3 is 2.44 bits per heavy atom. The van der Waals surface area contributed by atoms with Gasteiger partial charge in [0.05, 0.1) is 68.0 Å². The molecule has 8 fully saturated rings. The average Bonchev–Trinajstić information content (AvgIpc) is 3.61. The number of rotatable bonds is 6. The van der Waals surface area contributed by atoms with E-state index in [1.807, 2.05) is 0 Å². The van der Waals surface area contributed by atoms with Crippen molar-refractivity contribution in [2.24, 2.45) is 51.1 Å². The number of hydrogen-bond acceptors (Lipinski definition) is 10. The Bertz CT molecular complexity index is 1290. The molecule has 2 spiro atoms. The summed E-state index contributed by atoms with van der Waals surface area (Å²) < 4.78 is 31.0. The minimum atomic E-state index is -1.28. The van der Waals surface area contributed by atoms with Crippen LogP contribution in [-0.4, -0.2) is 108 Å². The van der Waals surface area contributed by atoms with E-state index in [1.165, 1.54) is 13.3 Å². The van der Waals surface area contributed by atoms with Crippen LogP contribution in [0.5, 0.6) is 0 Å². The molecule has 3 saturated heterocycles. The van der Waals surface area contributed by atoms with Crippen LogP contribution >= 0.6 is 0 Å². The van der Waals surface area contributed by atoms with Crippen LogP contribution in [0.2, 0.25) is 0 Å². The fourth-order valence-corrected chi connectivity index (χ4v) is 13.9. The van der Waals surface area contributed by atoms with Crippen LogP contribution in [0.15, 0.2) is 0 Å². The Balaban J connectivity index is 1.03. The van der Waals surface area contributed by atoms with Gasteiger partial charge < -0.3 is 39.6 Å². The van der Waals surface area contributed by atoms with Gasteiger partial charge in [-0.3, -0.25) is 9.69 Å². The Kier molecular flexibility index (Phi) is 7.90. The molecule has 3 aliphatic heterocycles. The Morgan fingerprint density at radius 1 is 1.06 bits per heavy atom. The molecule has 0 aromatic rings. The predicted octanol–water partition coefficient (Wildman–Crippen LogP) is 3.64. The number of carbonyl (C=O) groups is 1. The maximum absolute atomic E-state index is 12.5. The van der Waals surface area contributed by atoms with Gasteiger partial charge in [0.15, 0.2) is 12.4 Å². The fourth-order valence-electron chi connectivity index (χ4n) is 13.9. The summed E-state index contributed by atoms with van der Waals surface area (Å²) in [6, 6.07) is 0.496. The van der Waals surface area contributed by atoms with Gasteiger partial charge in [-0.25, -0.2) is 0 Å².